The molecule has 1 fully saturated rings. The minimum absolute atomic E-state index is 0.0105. The lowest BCUT2D eigenvalue weighted by atomic mass is 10.1. The molecule has 21 heavy (non-hydrogen) atoms. The fourth-order valence-corrected chi connectivity index (χ4v) is 2.58. The van der Waals surface area contributed by atoms with Crippen LogP contribution in [-0.2, 0) is 9.59 Å². The Hall–Kier alpha value is -1.91. The van der Waals surface area contributed by atoms with Gasteiger partial charge in [-0.05, 0) is 37.5 Å². The van der Waals surface area contributed by atoms with E-state index in [-0.39, 0.29) is 17.7 Å². The molecule has 1 aliphatic heterocycles. The Bertz CT molecular complexity index is 557. The van der Waals surface area contributed by atoms with Gasteiger partial charge in [-0.25, -0.2) is 4.39 Å². The van der Waals surface area contributed by atoms with Crippen LogP contribution < -0.4 is 5.32 Å². The molecule has 1 aliphatic rings. The summed E-state index contributed by atoms with van der Waals surface area (Å²) >= 11 is 0. The highest BCUT2D eigenvalue weighted by atomic mass is 19.1. The third kappa shape index (κ3) is 3.40. The van der Waals surface area contributed by atoms with Gasteiger partial charge in [-0.2, -0.15) is 0 Å². The molecule has 4 nitrogen and oxygen atoms in total. The van der Waals surface area contributed by atoms with Crippen molar-refractivity contribution in [1.82, 2.24) is 4.90 Å². The van der Waals surface area contributed by atoms with E-state index in [0.29, 0.717) is 18.7 Å². The average Bonchev–Trinajstić information content (AvgIpc) is 2.91. The molecule has 0 aliphatic carbocycles. The van der Waals surface area contributed by atoms with Crippen molar-refractivity contribution in [3.05, 3.63) is 29.6 Å². The third-order valence-corrected chi connectivity index (χ3v) is 3.79. The molecule has 1 atom stereocenters. The largest absolute Gasteiger partial charge is 0.330 e. The zero-order valence-corrected chi connectivity index (χ0v) is 12.6. The molecule has 0 spiro atoms. The Labute approximate surface area is 124 Å². The van der Waals surface area contributed by atoms with Gasteiger partial charge in [-0.1, -0.05) is 19.9 Å². The molecule has 1 heterocycles. The van der Waals surface area contributed by atoms with Gasteiger partial charge < -0.3 is 10.2 Å². The van der Waals surface area contributed by atoms with E-state index in [4.69, 9.17) is 0 Å². The Morgan fingerprint density at radius 3 is 2.76 bits per heavy atom. The number of likely N-dealkylation sites (tertiary alicyclic amines) is 1. The first-order valence-electron chi connectivity index (χ1n) is 7.27. The third-order valence-electron chi connectivity index (χ3n) is 3.79. The zero-order valence-electron chi connectivity index (χ0n) is 12.6. The summed E-state index contributed by atoms with van der Waals surface area (Å²) < 4.78 is 13.3. The van der Waals surface area contributed by atoms with Crippen molar-refractivity contribution in [2.45, 2.75) is 39.7 Å². The van der Waals surface area contributed by atoms with Gasteiger partial charge in [0.05, 0.1) is 0 Å². The zero-order chi connectivity index (χ0) is 15.6. The van der Waals surface area contributed by atoms with Gasteiger partial charge in [0.2, 0.25) is 11.8 Å². The SMILES string of the molecule is Cc1ccc(F)cc1NC(=O)[C@H]1CCCN1C(=O)C(C)C. The summed E-state index contributed by atoms with van der Waals surface area (Å²) in [7, 11) is 0. The smallest absolute Gasteiger partial charge is 0.247 e. The van der Waals surface area contributed by atoms with E-state index < -0.39 is 11.9 Å². The molecule has 2 rings (SSSR count). The number of anilines is 1. The van der Waals surface area contributed by atoms with Crippen LogP contribution in [-0.4, -0.2) is 29.3 Å². The number of nitrogens with one attached hydrogen (secondary N) is 1. The van der Waals surface area contributed by atoms with Crippen LogP contribution in [0.4, 0.5) is 10.1 Å². The van der Waals surface area contributed by atoms with Gasteiger partial charge in [-0.3, -0.25) is 9.59 Å². The Morgan fingerprint density at radius 1 is 1.38 bits per heavy atom. The lowest BCUT2D eigenvalue weighted by Gasteiger charge is -2.25. The predicted molar refractivity (Wildman–Crippen MR) is 79.3 cm³/mol. The summed E-state index contributed by atoms with van der Waals surface area (Å²) in [6, 6.07) is 3.82. The Kier molecular flexibility index (Phi) is 4.60. The molecular weight excluding hydrogens is 271 g/mol. The highest BCUT2D eigenvalue weighted by Crippen LogP contribution is 2.23. The lowest BCUT2D eigenvalue weighted by Crippen LogP contribution is -2.44. The number of benzene rings is 1. The Balaban J connectivity index is 2.12. The first-order chi connectivity index (χ1) is 9.90. The fraction of sp³-hybridized carbons (Fsp3) is 0.500. The van der Waals surface area contributed by atoms with E-state index in [1.807, 2.05) is 13.8 Å². The lowest BCUT2D eigenvalue weighted by molar-refractivity contribution is -0.139. The summed E-state index contributed by atoms with van der Waals surface area (Å²) in [5.74, 6) is -0.773. The van der Waals surface area contributed by atoms with Gasteiger partial charge >= 0.3 is 0 Å². The molecular formula is C16H21FN2O2. The van der Waals surface area contributed by atoms with Crippen LogP contribution in [0.25, 0.3) is 0 Å². The monoisotopic (exact) mass is 292 g/mol. The highest BCUT2D eigenvalue weighted by molar-refractivity contribution is 5.98. The summed E-state index contributed by atoms with van der Waals surface area (Å²) in [5, 5.41) is 2.74. The maximum Gasteiger partial charge on any atom is 0.247 e. The molecule has 0 saturated carbocycles. The van der Waals surface area contributed by atoms with Crippen LogP contribution in [0.15, 0.2) is 18.2 Å². The number of carbonyl (C=O) groups is 2. The van der Waals surface area contributed by atoms with Crippen molar-refractivity contribution < 1.29 is 14.0 Å². The van der Waals surface area contributed by atoms with E-state index in [1.54, 1.807) is 17.9 Å². The van der Waals surface area contributed by atoms with E-state index in [2.05, 4.69) is 5.32 Å². The molecule has 0 aromatic heterocycles. The van der Waals surface area contributed by atoms with Crippen molar-refractivity contribution in [3.8, 4) is 0 Å². The Morgan fingerprint density at radius 2 is 2.10 bits per heavy atom. The molecule has 1 aromatic rings. The van der Waals surface area contributed by atoms with Crippen LogP contribution >= 0.6 is 0 Å². The number of amides is 2. The van der Waals surface area contributed by atoms with Gasteiger partial charge in [0, 0.05) is 18.2 Å². The van der Waals surface area contributed by atoms with Crippen molar-refractivity contribution >= 4 is 17.5 Å². The van der Waals surface area contributed by atoms with Crippen LogP contribution in [0, 0.1) is 18.7 Å². The van der Waals surface area contributed by atoms with Crippen LogP contribution in [0.5, 0.6) is 0 Å². The van der Waals surface area contributed by atoms with Crippen molar-refractivity contribution in [2.75, 3.05) is 11.9 Å². The first-order valence-corrected chi connectivity index (χ1v) is 7.27. The molecule has 0 radical (unpaired) electrons. The quantitative estimate of drug-likeness (QED) is 0.931. The predicted octanol–water partition coefficient (Wildman–Crippen LogP) is 2.72. The second-order valence-electron chi connectivity index (χ2n) is 5.79. The van der Waals surface area contributed by atoms with E-state index >= 15 is 0 Å². The molecule has 0 bridgehead atoms. The number of aryl methyl sites for hydroxylation is 1. The van der Waals surface area contributed by atoms with E-state index in [0.717, 1.165) is 12.0 Å². The molecule has 114 valence electrons. The standard InChI is InChI=1S/C16H21FN2O2/c1-10(2)16(21)19-8-4-5-14(19)15(20)18-13-9-12(17)7-6-11(13)3/h6-7,9-10,14H,4-5,8H2,1-3H3,(H,18,20)/t14-/m1/s1. The van der Waals surface area contributed by atoms with Gasteiger partial charge in [0.15, 0.2) is 0 Å². The molecule has 1 saturated heterocycles. The van der Waals surface area contributed by atoms with Gasteiger partial charge in [0.25, 0.3) is 0 Å². The summed E-state index contributed by atoms with van der Waals surface area (Å²) in [5.41, 5.74) is 1.26. The van der Waals surface area contributed by atoms with Crippen molar-refractivity contribution in [2.24, 2.45) is 5.92 Å². The van der Waals surface area contributed by atoms with E-state index in [9.17, 15) is 14.0 Å². The number of carbonyl (C=O) groups excluding carboxylic acids is 2. The summed E-state index contributed by atoms with van der Waals surface area (Å²) in [6.07, 6.45) is 1.47. The maximum atomic E-state index is 13.3. The van der Waals surface area contributed by atoms with Crippen LogP contribution in [0.2, 0.25) is 0 Å². The maximum absolute atomic E-state index is 13.3. The number of nitrogens with zero attached hydrogens (tertiary/aromatic N) is 1. The van der Waals surface area contributed by atoms with Crippen molar-refractivity contribution in [3.63, 3.8) is 0 Å². The highest BCUT2D eigenvalue weighted by Gasteiger charge is 2.35. The number of rotatable bonds is 3. The minimum Gasteiger partial charge on any atom is -0.330 e. The first kappa shape index (κ1) is 15.5. The fourth-order valence-electron chi connectivity index (χ4n) is 2.58. The topological polar surface area (TPSA) is 49.4 Å². The number of hydrogen-bond donors (Lipinski definition) is 1. The van der Waals surface area contributed by atoms with Gasteiger partial charge in [0.1, 0.15) is 11.9 Å². The minimum atomic E-state index is -0.456. The van der Waals surface area contributed by atoms with Crippen molar-refractivity contribution in [1.29, 1.82) is 0 Å². The van der Waals surface area contributed by atoms with Gasteiger partial charge in [-0.15, -0.1) is 0 Å². The van der Waals surface area contributed by atoms with Crippen LogP contribution in [0.3, 0.4) is 0 Å². The molecule has 0 unspecified atom stereocenters. The number of halogens is 1. The van der Waals surface area contributed by atoms with Crippen LogP contribution in [0.1, 0.15) is 32.3 Å². The van der Waals surface area contributed by atoms with E-state index in [1.165, 1.54) is 12.1 Å². The summed E-state index contributed by atoms with van der Waals surface area (Å²) in [4.78, 5) is 26.1. The summed E-state index contributed by atoms with van der Waals surface area (Å²) in [6.45, 7) is 6.07. The second-order valence-corrected chi connectivity index (χ2v) is 5.79. The molecule has 1 aromatic carbocycles. The molecule has 2 amide bonds. The molecule has 5 heteroatoms. The normalized spacial score (nSPS) is 18.1. The number of hydrogen-bond acceptors (Lipinski definition) is 2. The molecule has 1 N–H and O–H groups in total. The second kappa shape index (κ2) is 6.24. The average molecular weight is 292 g/mol.